The van der Waals surface area contributed by atoms with Crippen LogP contribution in [0, 0.1) is 0 Å². The van der Waals surface area contributed by atoms with Crippen LogP contribution in [0.25, 0.3) is 0 Å². The predicted molar refractivity (Wildman–Crippen MR) is 54.8 cm³/mol. The predicted octanol–water partition coefficient (Wildman–Crippen LogP) is 1.51. The zero-order chi connectivity index (χ0) is 8.81. The van der Waals surface area contributed by atoms with Crippen molar-refractivity contribution >= 4 is 11.8 Å². The summed E-state index contributed by atoms with van der Waals surface area (Å²) in [6, 6.07) is 0.605. The summed E-state index contributed by atoms with van der Waals surface area (Å²) in [5.41, 5.74) is 0. The van der Waals surface area contributed by atoms with E-state index in [1.807, 2.05) is 11.8 Å². The number of ether oxygens (including phenoxy) is 1. The highest BCUT2D eigenvalue weighted by Crippen LogP contribution is 2.08. The van der Waals surface area contributed by atoms with Crippen LogP contribution in [0.3, 0.4) is 0 Å². The summed E-state index contributed by atoms with van der Waals surface area (Å²) in [5.74, 6) is 0. The third-order valence-corrected chi connectivity index (χ3v) is 3.23. The zero-order valence-corrected chi connectivity index (χ0v) is 8.82. The Morgan fingerprint density at radius 2 is 2.50 bits per heavy atom. The van der Waals surface area contributed by atoms with Gasteiger partial charge in [0.1, 0.15) is 0 Å². The van der Waals surface area contributed by atoms with Crippen LogP contribution in [0.1, 0.15) is 19.8 Å². The topological polar surface area (TPSA) is 21.3 Å². The maximum Gasteiger partial charge on any atom is 0.0619 e. The zero-order valence-electron chi connectivity index (χ0n) is 8.01. The van der Waals surface area contributed by atoms with Gasteiger partial charge in [-0.2, -0.15) is 11.8 Å². The molecule has 0 saturated carbocycles. The number of nitrogens with one attached hydrogen (secondary N) is 1. The Balaban J connectivity index is 2.05. The Morgan fingerprint density at radius 3 is 3.08 bits per heavy atom. The SMILES string of the molecule is CSC(C)CNC1CCCOC1. The summed E-state index contributed by atoms with van der Waals surface area (Å²) in [6.07, 6.45) is 4.65. The van der Waals surface area contributed by atoms with E-state index in [0.29, 0.717) is 11.3 Å². The largest absolute Gasteiger partial charge is 0.380 e. The van der Waals surface area contributed by atoms with Crippen LogP contribution in [0.2, 0.25) is 0 Å². The fourth-order valence-corrected chi connectivity index (χ4v) is 1.58. The highest BCUT2D eigenvalue weighted by Gasteiger charge is 2.13. The Morgan fingerprint density at radius 1 is 1.67 bits per heavy atom. The second kappa shape index (κ2) is 5.84. The first-order chi connectivity index (χ1) is 5.83. The molecule has 0 spiro atoms. The molecule has 2 atom stereocenters. The van der Waals surface area contributed by atoms with Crippen molar-refractivity contribution in [3.8, 4) is 0 Å². The summed E-state index contributed by atoms with van der Waals surface area (Å²) < 4.78 is 5.38. The maximum atomic E-state index is 5.38. The Hall–Kier alpha value is 0.270. The van der Waals surface area contributed by atoms with E-state index in [1.54, 1.807) is 0 Å². The lowest BCUT2D eigenvalue weighted by atomic mass is 10.1. The van der Waals surface area contributed by atoms with Crippen molar-refractivity contribution in [1.82, 2.24) is 5.32 Å². The van der Waals surface area contributed by atoms with Gasteiger partial charge >= 0.3 is 0 Å². The average molecular weight is 189 g/mol. The molecule has 1 saturated heterocycles. The number of rotatable bonds is 4. The third kappa shape index (κ3) is 3.78. The van der Waals surface area contributed by atoms with Gasteiger partial charge in [0.2, 0.25) is 0 Å². The minimum atomic E-state index is 0.605. The van der Waals surface area contributed by atoms with Gasteiger partial charge in [0.15, 0.2) is 0 Å². The monoisotopic (exact) mass is 189 g/mol. The van der Waals surface area contributed by atoms with Gasteiger partial charge in [0.05, 0.1) is 6.61 Å². The van der Waals surface area contributed by atoms with Crippen molar-refractivity contribution in [1.29, 1.82) is 0 Å². The molecule has 72 valence electrons. The summed E-state index contributed by atoms with van der Waals surface area (Å²) in [5, 5.41) is 4.24. The molecule has 1 heterocycles. The first-order valence-electron chi connectivity index (χ1n) is 4.67. The van der Waals surface area contributed by atoms with Gasteiger partial charge in [-0.05, 0) is 19.1 Å². The molecule has 1 rings (SSSR count). The van der Waals surface area contributed by atoms with E-state index in [2.05, 4.69) is 18.5 Å². The lowest BCUT2D eigenvalue weighted by Crippen LogP contribution is -2.39. The Bertz CT molecular complexity index is 115. The van der Waals surface area contributed by atoms with E-state index in [9.17, 15) is 0 Å². The Labute approximate surface area is 79.4 Å². The molecule has 2 unspecified atom stereocenters. The molecule has 0 radical (unpaired) electrons. The molecular formula is C9H19NOS. The number of hydrogen-bond donors (Lipinski definition) is 1. The number of hydrogen-bond acceptors (Lipinski definition) is 3. The van der Waals surface area contributed by atoms with Crippen molar-refractivity contribution < 1.29 is 4.74 Å². The summed E-state index contributed by atoms with van der Waals surface area (Å²) >= 11 is 1.91. The van der Waals surface area contributed by atoms with Crippen molar-refractivity contribution in [2.75, 3.05) is 26.0 Å². The van der Waals surface area contributed by atoms with E-state index < -0.39 is 0 Å². The van der Waals surface area contributed by atoms with Crippen LogP contribution in [-0.2, 0) is 4.74 Å². The quantitative estimate of drug-likeness (QED) is 0.724. The van der Waals surface area contributed by atoms with E-state index in [0.717, 1.165) is 19.8 Å². The van der Waals surface area contributed by atoms with Crippen molar-refractivity contribution in [3.63, 3.8) is 0 Å². The highest BCUT2D eigenvalue weighted by atomic mass is 32.2. The maximum absolute atomic E-state index is 5.38. The van der Waals surface area contributed by atoms with Crippen molar-refractivity contribution in [3.05, 3.63) is 0 Å². The molecule has 0 aromatic rings. The molecule has 1 fully saturated rings. The first kappa shape index (κ1) is 10.4. The molecule has 0 aromatic heterocycles. The second-order valence-corrected chi connectivity index (χ2v) is 4.64. The van der Waals surface area contributed by atoms with E-state index in [4.69, 9.17) is 4.74 Å². The fourth-order valence-electron chi connectivity index (χ4n) is 1.32. The number of thioether (sulfide) groups is 1. The Kier molecular flexibility index (Phi) is 5.04. The molecule has 2 nitrogen and oxygen atoms in total. The standard InChI is InChI=1S/C9H19NOS/c1-8(12-2)6-10-9-4-3-5-11-7-9/h8-10H,3-7H2,1-2H3. The van der Waals surface area contributed by atoms with E-state index in [1.165, 1.54) is 12.8 Å². The molecule has 1 aliphatic heterocycles. The first-order valence-corrected chi connectivity index (χ1v) is 5.95. The molecule has 12 heavy (non-hydrogen) atoms. The minimum Gasteiger partial charge on any atom is -0.380 e. The van der Waals surface area contributed by atoms with Gasteiger partial charge in [0.25, 0.3) is 0 Å². The van der Waals surface area contributed by atoms with Crippen molar-refractivity contribution in [2.24, 2.45) is 0 Å². The molecular weight excluding hydrogens is 170 g/mol. The smallest absolute Gasteiger partial charge is 0.0619 e. The van der Waals surface area contributed by atoms with Gasteiger partial charge in [-0.25, -0.2) is 0 Å². The lowest BCUT2D eigenvalue weighted by Gasteiger charge is -2.24. The van der Waals surface area contributed by atoms with Gasteiger partial charge in [-0.15, -0.1) is 0 Å². The molecule has 0 aromatic carbocycles. The third-order valence-electron chi connectivity index (χ3n) is 2.26. The lowest BCUT2D eigenvalue weighted by molar-refractivity contribution is 0.0707. The van der Waals surface area contributed by atoms with Gasteiger partial charge < -0.3 is 10.1 Å². The molecule has 1 N–H and O–H groups in total. The van der Waals surface area contributed by atoms with Gasteiger partial charge in [0, 0.05) is 24.4 Å². The van der Waals surface area contributed by atoms with Crippen LogP contribution in [0.4, 0.5) is 0 Å². The summed E-state index contributed by atoms with van der Waals surface area (Å²) in [6.45, 7) is 5.22. The molecule has 0 amide bonds. The normalized spacial score (nSPS) is 27.0. The minimum absolute atomic E-state index is 0.605. The molecule has 0 aliphatic carbocycles. The van der Waals surface area contributed by atoms with Crippen LogP contribution in [-0.4, -0.2) is 37.3 Å². The van der Waals surface area contributed by atoms with Crippen LogP contribution >= 0.6 is 11.8 Å². The van der Waals surface area contributed by atoms with Gasteiger partial charge in [-0.3, -0.25) is 0 Å². The highest BCUT2D eigenvalue weighted by molar-refractivity contribution is 7.99. The fraction of sp³-hybridized carbons (Fsp3) is 1.00. The second-order valence-electron chi connectivity index (χ2n) is 3.37. The average Bonchev–Trinajstić information content (AvgIpc) is 2.16. The summed E-state index contributed by atoms with van der Waals surface area (Å²) in [4.78, 5) is 0. The van der Waals surface area contributed by atoms with E-state index >= 15 is 0 Å². The van der Waals surface area contributed by atoms with Crippen LogP contribution < -0.4 is 5.32 Å². The van der Waals surface area contributed by atoms with Crippen LogP contribution in [0.15, 0.2) is 0 Å². The van der Waals surface area contributed by atoms with Crippen molar-refractivity contribution in [2.45, 2.75) is 31.1 Å². The van der Waals surface area contributed by atoms with Crippen LogP contribution in [0.5, 0.6) is 0 Å². The molecule has 0 bridgehead atoms. The van der Waals surface area contributed by atoms with Gasteiger partial charge in [-0.1, -0.05) is 6.92 Å². The molecule has 1 aliphatic rings. The van der Waals surface area contributed by atoms with E-state index in [-0.39, 0.29) is 0 Å². The molecule has 3 heteroatoms. The summed E-state index contributed by atoms with van der Waals surface area (Å²) in [7, 11) is 0.